The number of anilines is 2. The summed E-state index contributed by atoms with van der Waals surface area (Å²) in [5.74, 6) is 0.609. The second-order valence-corrected chi connectivity index (χ2v) is 9.32. The Balaban J connectivity index is 1.50. The monoisotopic (exact) mass is 510 g/mol. The molecule has 7 heteroatoms. The molecule has 0 fully saturated rings. The number of carbonyl (C=O) groups is 2. The van der Waals surface area contributed by atoms with Crippen LogP contribution in [0.1, 0.15) is 26.3 Å². The summed E-state index contributed by atoms with van der Waals surface area (Å²) >= 11 is 3.51. The van der Waals surface area contributed by atoms with Gasteiger partial charge in [-0.2, -0.15) is 0 Å². The minimum Gasteiger partial charge on any atom is -0.484 e. The molecule has 3 aromatic rings. The molecule has 3 rings (SSSR count). The molecule has 0 aliphatic heterocycles. The van der Waals surface area contributed by atoms with Gasteiger partial charge in [-0.25, -0.2) is 0 Å². The van der Waals surface area contributed by atoms with Crippen molar-refractivity contribution in [2.24, 2.45) is 0 Å². The Morgan fingerprint density at radius 2 is 1.39 bits per heavy atom. The Hall–Kier alpha value is -3.32. The number of carbonyl (C=O) groups excluding carboxylic acids is 2. The highest BCUT2D eigenvalue weighted by atomic mass is 79.9. The number of hydrogen-bond acceptors (Lipinski definition) is 4. The van der Waals surface area contributed by atoms with Gasteiger partial charge in [0.1, 0.15) is 11.5 Å². The van der Waals surface area contributed by atoms with E-state index in [0.29, 0.717) is 22.9 Å². The molecule has 6 nitrogen and oxygen atoms in total. The fourth-order valence-corrected chi connectivity index (χ4v) is 3.46. The molecule has 0 unspecified atom stereocenters. The molecule has 0 spiro atoms. The van der Waals surface area contributed by atoms with Crippen molar-refractivity contribution >= 4 is 39.1 Å². The third kappa shape index (κ3) is 7.64. The van der Waals surface area contributed by atoms with Crippen LogP contribution in [0, 0.1) is 0 Å². The van der Waals surface area contributed by atoms with Crippen molar-refractivity contribution in [2.45, 2.75) is 26.2 Å². The number of rotatable bonds is 8. The van der Waals surface area contributed by atoms with E-state index in [1.54, 1.807) is 36.4 Å². The van der Waals surface area contributed by atoms with E-state index in [1.807, 2.05) is 36.4 Å². The molecule has 0 heterocycles. The molecule has 172 valence electrons. The molecule has 2 amide bonds. The van der Waals surface area contributed by atoms with Crippen LogP contribution < -0.4 is 20.1 Å². The van der Waals surface area contributed by atoms with Crippen LogP contribution in [0.5, 0.6) is 11.5 Å². The smallest absolute Gasteiger partial charge is 0.262 e. The molecule has 2 N–H and O–H groups in total. The first-order valence-corrected chi connectivity index (χ1v) is 11.3. The van der Waals surface area contributed by atoms with Crippen LogP contribution >= 0.6 is 15.9 Å². The molecule has 3 aromatic carbocycles. The summed E-state index contributed by atoms with van der Waals surface area (Å²) in [4.78, 5) is 24.5. The van der Waals surface area contributed by atoms with Gasteiger partial charge in [-0.1, -0.05) is 51.1 Å². The summed E-state index contributed by atoms with van der Waals surface area (Å²) in [7, 11) is 0. The van der Waals surface area contributed by atoms with Crippen LogP contribution in [0.2, 0.25) is 0 Å². The van der Waals surface area contributed by atoms with Gasteiger partial charge in [0.2, 0.25) is 0 Å². The average molecular weight is 511 g/mol. The topological polar surface area (TPSA) is 76.7 Å². The predicted octanol–water partition coefficient (Wildman–Crippen LogP) is 5.78. The summed E-state index contributed by atoms with van der Waals surface area (Å²) < 4.78 is 11.9. The summed E-state index contributed by atoms with van der Waals surface area (Å²) in [6, 6.07) is 21.8. The largest absolute Gasteiger partial charge is 0.484 e. The molecule has 0 saturated carbocycles. The summed E-state index contributed by atoms with van der Waals surface area (Å²) in [5, 5.41) is 5.53. The van der Waals surface area contributed by atoms with E-state index in [2.05, 4.69) is 47.3 Å². The van der Waals surface area contributed by atoms with Crippen LogP contribution in [0.4, 0.5) is 11.4 Å². The zero-order valence-corrected chi connectivity index (χ0v) is 20.4. The molecule has 0 aliphatic rings. The Morgan fingerprint density at radius 3 is 1.97 bits per heavy atom. The zero-order valence-electron chi connectivity index (χ0n) is 18.9. The first-order valence-electron chi connectivity index (χ1n) is 10.5. The van der Waals surface area contributed by atoms with Crippen molar-refractivity contribution in [3.8, 4) is 11.5 Å². The Bertz CT molecular complexity index is 1110. The molecular formula is C26H27BrN2O4. The van der Waals surface area contributed by atoms with E-state index in [1.165, 1.54) is 5.56 Å². The lowest BCUT2D eigenvalue weighted by molar-refractivity contribution is -0.118. The van der Waals surface area contributed by atoms with E-state index in [9.17, 15) is 9.59 Å². The van der Waals surface area contributed by atoms with Crippen molar-refractivity contribution in [3.63, 3.8) is 0 Å². The number of para-hydroxylation sites is 1. The maximum absolute atomic E-state index is 12.4. The second-order valence-electron chi connectivity index (χ2n) is 8.46. The molecule has 33 heavy (non-hydrogen) atoms. The van der Waals surface area contributed by atoms with Crippen LogP contribution in [0.15, 0.2) is 77.3 Å². The normalized spacial score (nSPS) is 10.9. The minimum atomic E-state index is -0.308. The highest BCUT2D eigenvalue weighted by Crippen LogP contribution is 2.31. The van der Waals surface area contributed by atoms with Crippen LogP contribution in [-0.2, 0) is 15.0 Å². The standard InChI is InChI=1S/C26H27BrN2O4/c1-26(2,3)18-12-13-23(22(27)14-18)33-17-25(31)29-20-9-7-8-19(15-20)28-24(30)16-32-21-10-5-4-6-11-21/h4-15H,16-17H2,1-3H3,(H,28,30)(H,29,31). The molecular weight excluding hydrogens is 484 g/mol. The number of nitrogens with one attached hydrogen (secondary N) is 2. The minimum absolute atomic E-state index is 0.0204. The van der Waals surface area contributed by atoms with Gasteiger partial charge in [0.25, 0.3) is 11.8 Å². The van der Waals surface area contributed by atoms with Crippen molar-refractivity contribution < 1.29 is 19.1 Å². The first-order chi connectivity index (χ1) is 15.7. The number of halogens is 1. The van der Waals surface area contributed by atoms with Gasteiger partial charge in [0.05, 0.1) is 4.47 Å². The Labute approximate surface area is 202 Å². The molecule has 0 bridgehead atoms. The number of hydrogen-bond donors (Lipinski definition) is 2. The number of ether oxygens (including phenoxy) is 2. The van der Waals surface area contributed by atoms with Gasteiger partial charge in [-0.05, 0) is 69.4 Å². The van der Waals surface area contributed by atoms with E-state index in [-0.39, 0.29) is 30.4 Å². The quantitative estimate of drug-likeness (QED) is 0.402. The third-order valence-corrected chi connectivity index (χ3v) is 5.32. The van der Waals surface area contributed by atoms with Crippen LogP contribution in [0.25, 0.3) is 0 Å². The van der Waals surface area contributed by atoms with Crippen LogP contribution in [-0.4, -0.2) is 25.0 Å². The molecule has 0 aromatic heterocycles. The van der Waals surface area contributed by atoms with E-state index >= 15 is 0 Å². The van der Waals surface area contributed by atoms with Crippen molar-refractivity contribution in [1.82, 2.24) is 0 Å². The van der Waals surface area contributed by atoms with Gasteiger partial charge >= 0.3 is 0 Å². The Morgan fingerprint density at radius 1 is 0.788 bits per heavy atom. The highest BCUT2D eigenvalue weighted by Gasteiger charge is 2.16. The summed E-state index contributed by atoms with van der Waals surface area (Å²) in [6.07, 6.45) is 0. The van der Waals surface area contributed by atoms with Gasteiger partial charge < -0.3 is 20.1 Å². The lowest BCUT2D eigenvalue weighted by Crippen LogP contribution is -2.21. The lowest BCUT2D eigenvalue weighted by Gasteiger charge is -2.20. The van der Waals surface area contributed by atoms with Gasteiger partial charge in [-0.15, -0.1) is 0 Å². The predicted molar refractivity (Wildman–Crippen MR) is 134 cm³/mol. The van der Waals surface area contributed by atoms with E-state index in [0.717, 1.165) is 4.47 Å². The van der Waals surface area contributed by atoms with Crippen molar-refractivity contribution in [2.75, 3.05) is 23.8 Å². The summed E-state index contributed by atoms with van der Waals surface area (Å²) in [5.41, 5.74) is 2.29. The maximum atomic E-state index is 12.4. The molecule has 0 saturated heterocycles. The highest BCUT2D eigenvalue weighted by molar-refractivity contribution is 9.10. The third-order valence-electron chi connectivity index (χ3n) is 4.70. The van der Waals surface area contributed by atoms with Gasteiger partial charge in [0, 0.05) is 11.4 Å². The maximum Gasteiger partial charge on any atom is 0.262 e. The lowest BCUT2D eigenvalue weighted by atomic mass is 9.87. The van der Waals surface area contributed by atoms with Crippen LogP contribution in [0.3, 0.4) is 0 Å². The molecule has 0 radical (unpaired) electrons. The second kappa shape index (κ2) is 11.0. The molecule has 0 aliphatic carbocycles. The van der Waals surface area contributed by atoms with Crippen molar-refractivity contribution in [1.29, 1.82) is 0 Å². The van der Waals surface area contributed by atoms with E-state index < -0.39 is 0 Å². The van der Waals surface area contributed by atoms with Gasteiger partial charge in [-0.3, -0.25) is 9.59 Å². The first kappa shape index (κ1) is 24.3. The number of amides is 2. The molecule has 0 atom stereocenters. The van der Waals surface area contributed by atoms with E-state index in [4.69, 9.17) is 9.47 Å². The van der Waals surface area contributed by atoms with Crippen molar-refractivity contribution in [3.05, 3.63) is 82.8 Å². The number of benzene rings is 3. The fourth-order valence-electron chi connectivity index (χ4n) is 2.96. The Kier molecular flexibility index (Phi) is 8.11. The van der Waals surface area contributed by atoms with Gasteiger partial charge in [0.15, 0.2) is 13.2 Å². The summed E-state index contributed by atoms with van der Waals surface area (Å²) in [6.45, 7) is 6.15. The SMILES string of the molecule is CC(C)(C)c1ccc(OCC(=O)Nc2cccc(NC(=O)COc3ccccc3)c2)c(Br)c1. The fraction of sp³-hybridized carbons (Fsp3) is 0.231. The average Bonchev–Trinajstić information content (AvgIpc) is 2.77. The zero-order chi connectivity index (χ0) is 23.8.